The topological polar surface area (TPSA) is 85.6 Å². The zero-order chi connectivity index (χ0) is 25.9. The monoisotopic (exact) mass is 566 g/mol. The molecule has 7 nitrogen and oxygen atoms in total. The number of carbonyl (C=O) groups excluding carboxylic acids is 1. The number of nitrogens with zero attached hydrogens (tertiary/aromatic N) is 3. The van der Waals surface area contributed by atoms with Crippen LogP contribution in [0.4, 0.5) is 5.69 Å². The minimum Gasteiger partial charge on any atom is -0.482 e. The smallest absolute Gasteiger partial charge is 0.282 e. The molecule has 0 spiro atoms. The minimum absolute atomic E-state index is 0.190. The molecule has 1 aromatic heterocycles. The number of benzene rings is 3. The first-order chi connectivity index (χ1) is 17.1. The Kier molecular flexibility index (Phi) is 7.56. The predicted octanol–water partition coefficient (Wildman–Crippen LogP) is 6.01. The Morgan fingerprint density at radius 1 is 1.14 bits per heavy atom. The number of ether oxygens (including phenoxy) is 1. The van der Waals surface area contributed by atoms with E-state index in [-0.39, 0.29) is 18.1 Å². The standard InChI is InChI=1S/C27H24BrClN4O3/c1-27(2,3)26-32-22-11-10-18(28)14-20(22)25(35)33(26)30-15-17-9-12-23(21(29)13-17)36-16-24(34)31-19-7-5-4-6-8-19/h4-15H,16H2,1-3H3,(H,31,34). The zero-order valence-electron chi connectivity index (χ0n) is 20.0. The molecule has 0 unspecified atom stereocenters. The molecule has 4 rings (SSSR count). The normalized spacial score (nSPS) is 11.7. The summed E-state index contributed by atoms with van der Waals surface area (Å²) in [5.74, 6) is 0.600. The van der Waals surface area contributed by atoms with Gasteiger partial charge >= 0.3 is 0 Å². The van der Waals surface area contributed by atoms with Crippen molar-refractivity contribution in [3.63, 3.8) is 0 Å². The van der Waals surface area contributed by atoms with Crippen LogP contribution in [-0.2, 0) is 10.2 Å². The fourth-order valence-corrected chi connectivity index (χ4v) is 4.05. The van der Waals surface area contributed by atoms with Crippen LogP contribution < -0.4 is 15.6 Å². The highest BCUT2D eigenvalue weighted by molar-refractivity contribution is 9.10. The highest BCUT2D eigenvalue weighted by Crippen LogP contribution is 2.26. The molecule has 36 heavy (non-hydrogen) atoms. The van der Waals surface area contributed by atoms with Crippen LogP contribution in [0.5, 0.6) is 5.75 Å². The molecule has 184 valence electrons. The van der Waals surface area contributed by atoms with E-state index in [1.807, 2.05) is 51.1 Å². The Hall–Kier alpha value is -3.49. The van der Waals surface area contributed by atoms with Crippen LogP contribution in [0.25, 0.3) is 10.9 Å². The van der Waals surface area contributed by atoms with Crippen molar-refractivity contribution in [3.8, 4) is 5.75 Å². The summed E-state index contributed by atoms with van der Waals surface area (Å²) in [6.45, 7) is 5.73. The third kappa shape index (κ3) is 6.01. The third-order valence-corrected chi connectivity index (χ3v) is 5.96. The lowest BCUT2D eigenvalue weighted by atomic mass is 9.95. The van der Waals surface area contributed by atoms with E-state index < -0.39 is 5.41 Å². The molecule has 0 aliphatic heterocycles. The van der Waals surface area contributed by atoms with Gasteiger partial charge in [0.1, 0.15) is 11.6 Å². The summed E-state index contributed by atoms with van der Waals surface area (Å²) < 4.78 is 7.68. The van der Waals surface area contributed by atoms with Crippen LogP contribution in [0.1, 0.15) is 32.2 Å². The van der Waals surface area contributed by atoms with Gasteiger partial charge < -0.3 is 10.1 Å². The molecule has 0 aliphatic rings. The van der Waals surface area contributed by atoms with Crippen molar-refractivity contribution in [2.24, 2.45) is 5.10 Å². The predicted molar refractivity (Wildman–Crippen MR) is 147 cm³/mol. The second-order valence-electron chi connectivity index (χ2n) is 9.10. The number of anilines is 1. The van der Waals surface area contributed by atoms with Crippen LogP contribution in [0.3, 0.4) is 0 Å². The molecule has 3 aromatic carbocycles. The molecule has 0 aliphatic carbocycles. The van der Waals surface area contributed by atoms with Gasteiger partial charge in [0.15, 0.2) is 6.61 Å². The molecule has 0 saturated carbocycles. The lowest BCUT2D eigenvalue weighted by molar-refractivity contribution is -0.118. The molecule has 1 N–H and O–H groups in total. The van der Waals surface area contributed by atoms with Gasteiger partial charge in [0.25, 0.3) is 11.5 Å². The van der Waals surface area contributed by atoms with Gasteiger partial charge in [0.05, 0.1) is 22.1 Å². The van der Waals surface area contributed by atoms with Crippen LogP contribution in [0, 0.1) is 0 Å². The first kappa shape index (κ1) is 25.6. The maximum atomic E-state index is 13.3. The molecule has 1 heterocycles. The largest absolute Gasteiger partial charge is 0.482 e. The number of para-hydroxylation sites is 1. The first-order valence-electron chi connectivity index (χ1n) is 11.2. The molecular weight excluding hydrogens is 544 g/mol. The van der Waals surface area contributed by atoms with Crippen LogP contribution in [-0.4, -0.2) is 28.4 Å². The summed E-state index contributed by atoms with van der Waals surface area (Å²) in [4.78, 5) is 30.1. The van der Waals surface area contributed by atoms with Gasteiger partial charge in [-0.15, -0.1) is 0 Å². The average molecular weight is 568 g/mol. The molecule has 0 bridgehead atoms. The fourth-order valence-electron chi connectivity index (χ4n) is 3.44. The number of amides is 1. The Morgan fingerprint density at radius 2 is 1.89 bits per heavy atom. The van der Waals surface area contributed by atoms with Crippen LogP contribution >= 0.6 is 27.5 Å². The van der Waals surface area contributed by atoms with E-state index >= 15 is 0 Å². The molecule has 0 saturated heterocycles. The average Bonchev–Trinajstić information content (AvgIpc) is 2.83. The molecule has 0 atom stereocenters. The molecule has 1 amide bonds. The van der Waals surface area contributed by atoms with E-state index in [1.165, 1.54) is 4.68 Å². The highest BCUT2D eigenvalue weighted by atomic mass is 79.9. The van der Waals surface area contributed by atoms with Crippen molar-refractivity contribution in [2.45, 2.75) is 26.2 Å². The van der Waals surface area contributed by atoms with Gasteiger partial charge in [-0.05, 0) is 54.1 Å². The number of rotatable bonds is 6. The number of halogens is 2. The van der Waals surface area contributed by atoms with E-state index in [9.17, 15) is 9.59 Å². The third-order valence-electron chi connectivity index (χ3n) is 5.17. The van der Waals surface area contributed by atoms with Crippen molar-refractivity contribution in [1.82, 2.24) is 9.66 Å². The van der Waals surface area contributed by atoms with Gasteiger partial charge in [0.2, 0.25) is 0 Å². The number of hydrogen-bond donors (Lipinski definition) is 1. The summed E-state index contributed by atoms with van der Waals surface area (Å²) in [5, 5.41) is 7.98. The summed E-state index contributed by atoms with van der Waals surface area (Å²) in [6, 6.07) is 19.6. The van der Waals surface area contributed by atoms with Gasteiger partial charge in [-0.25, -0.2) is 4.98 Å². The Balaban J connectivity index is 1.55. The van der Waals surface area contributed by atoms with Gasteiger partial charge in [-0.1, -0.05) is 66.5 Å². The summed E-state index contributed by atoms with van der Waals surface area (Å²) in [7, 11) is 0. The van der Waals surface area contributed by atoms with Crippen molar-refractivity contribution in [2.75, 3.05) is 11.9 Å². The minimum atomic E-state index is -0.423. The van der Waals surface area contributed by atoms with E-state index in [0.29, 0.717) is 38.8 Å². The van der Waals surface area contributed by atoms with Crippen molar-refractivity contribution in [1.29, 1.82) is 0 Å². The SMILES string of the molecule is CC(C)(C)c1nc2ccc(Br)cc2c(=O)n1N=Cc1ccc(OCC(=O)Nc2ccccc2)c(Cl)c1. The van der Waals surface area contributed by atoms with E-state index in [4.69, 9.17) is 21.3 Å². The second-order valence-corrected chi connectivity index (χ2v) is 10.4. The van der Waals surface area contributed by atoms with Gasteiger partial charge in [-0.2, -0.15) is 9.78 Å². The number of nitrogens with one attached hydrogen (secondary N) is 1. The van der Waals surface area contributed by atoms with Crippen molar-refractivity contribution in [3.05, 3.63) is 98.0 Å². The summed E-state index contributed by atoms with van der Waals surface area (Å²) >= 11 is 9.79. The van der Waals surface area contributed by atoms with E-state index in [2.05, 4.69) is 26.3 Å². The quantitative estimate of drug-likeness (QED) is 0.289. The molecule has 0 radical (unpaired) electrons. The molecule has 9 heteroatoms. The van der Waals surface area contributed by atoms with Gasteiger partial charge in [-0.3, -0.25) is 9.59 Å². The molecule has 4 aromatic rings. The fraction of sp³-hybridized carbons (Fsp3) is 0.185. The number of aromatic nitrogens is 2. The Bertz CT molecular complexity index is 1510. The maximum Gasteiger partial charge on any atom is 0.282 e. The number of carbonyl (C=O) groups is 1. The van der Waals surface area contributed by atoms with Crippen LogP contribution in [0.2, 0.25) is 5.02 Å². The lowest BCUT2D eigenvalue weighted by Crippen LogP contribution is -2.29. The summed E-state index contributed by atoms with van der Waals surface area (Å²) in [5.41, 5.74) is 1.26. The second kappa shape index (κ2) is 10.6. The Morgan fingerprint density at radius 3 is 2.58 bits per heavy atom. The number of hydrogen-bond acceptors (Lipinski definition) is 5. The van der Waals surface area contributed by atoms with Crippen molar-refractivity contribution >= 4 is 56.2 Å². The number of fused-ring (bicyclic) bond motifs is 1. The van der Waals surface area contributed by atoms with Crippen molar-refractivity contribution < 1.29 is 9.53 Å². The summed E-state index contributed by atoms with van der Waals surface area (Å²) in [6.07, 6.45) is 1.54. The van der Waals surface area contributed by atoms with E-state index in [0.717, 1.165) is 4.47 Å². The molecular formula is C27H24BrClN4O3. The highest BCUT2D eigenvalue weighted by Gasteiger charge is 2.23. The van der Waals surface area contributed by atoms with Gasteiger partial charge in [0, 0.05) is 15.6 Å². The first-order valence-corrected chi connectivity index (χ1v) is 12.3. The zero-order valence-corrected chi connectivity index (χ0v) is 22.3. The van der Waals surface area contributed by atoms with E-state index in [1.54, 1.807) is 42.6 Å². The molecule has 0 fully saturated rings. The maximum absolute atomic E-state index is 13.3. The lowest BCUT2D eigenvalue weighted by Gasteiger charge is -2.20. The van der Waals surface area contributed by atoms with Crippen LogP contribution in [0.15, 0.2) is 81.1 Å². The Labute approximate surface area is 221 Å².